The quantitative estimate of drug-likeness (QED) is 0.907. The van der Waals surface area contributed by atoms with Crippen LogP contribution < -0.4 is 5.43 Å². The van der Waals surface area contributed by atoms with E-state index in [1.165, 1.54) is 5.52 Å². The van der Waals surface area contributed by atoms with Crippen LogP contribution in [0.25, 0.3) is 11.0 Å². The van der Waals surface area contributed by atoms with Crippen molar-refractivity contribution in [2.45, 2.75) is 13.0 Å². The first kappa shape index (κ1) is 12.6. The number of hydrogen-bond donors (Lipinski definition) is 1. The number of para-hydroxylation sites is 2. The van der Waals surface area contributed by atoms with Crippen molar-refractivity contribution in [3.63, 3.8) is 0 Å². The number of ether oxygens (including phenoxy) is 1. The number of hydrazine groups is 1. The van der Waals surface area contributed by atoms with Gasteiger partial charge in [-0.3, -0.25) is 0 Å². The first-order chi connectivity index (χ1) is 9.25. The lowest BCUT2D eigenvalue weighted by Crippen LogP contribution is -2.47. The molecule has 1 aliphatic heterocycles. The molecule has 0 bridgehead atoms. The molecule has 0 spiro atoms. The van der Waals surface area contributed by atoms with E-state index in [4.69, 9.17) is 9.72 Å². The Kier molecular flexibility index (Phi) is 3.50. The zero-order valence-electron chi connectivity index (χ0n) is 11.5. The lowest BCUT2D eigenvalue weighted by molar-refractivity contribution is 0.00402. The van der Waals surface area contributed by atoms with Gasteiger partial charge in [0.2, 0.25) is 0 Å². The lowest BCUT2D eigenvalue weighted by Gasteiger charge is -2.30. The van der Waals surface area contributed by atoms with Gasteiger partial charge in [0.05, 0.1) is 30.3 Å². The molecule has 1 fully saturated rings. The van der Waals surface area contributed by atoms with Crippen LogP contribution in [0, 0.1) is 0 Å². The molecular weight excluding hydrogens is 240 g/mol. The summed E-state index contributed by atoms with van der Waals surface area (Å²) in [6, 6.07) is 8.43. The highest BCUT2D eigenvalue weighted by atomic mass is 16.5. The van der Waals surface area contributed by atoms with Gasteiger partial charge in [0.25, 0.3) is 0 Å². The maximum atomic E-state index is 5.36. The van der Waals surface area contributed by atoms with E-state index in [2.05, 4.69) is 41.1 Å². The molecule has 1 aromatic carbocycles. The highest BCUT2D eigenvalue weighted by molar-refractivity contribution is 5.75. The monoisotopic (exact) mass is 260 g/mol. The fraction of sp³-hybridized carbons (Fsp3) is 0.500. The predicted molar refractivity (Wildman–Crippen MR) is 74.7 cm³/mol. The summed E-state index contributed by atoms with van der Waals surface area (Å²) in [5.41, 5.74) is 5.73. The van der Waals surface area contributed by atoms with E-state index in [0.29, 0.717) is 0 Å². The summed E-state index contributed by atoms with van der Waals surface area (Å²) in [6.07, 6.45) is 0. The van der Waals surface area contributed by atoms with Gasteiger partial charge >= 0.3 is 0 Å². The van der Waals surface area contributed by atoms with E-state index in [1.807, 2.05) is 12.1 Å². The number of morpholine rings is 1. The van der Waals surface area contributed by atoms with E-state index < -0.39 is 0 Å². The smallest absolute Gasteiger partial charge is 0.127 e. The molecule has 2 heterocycles. The second-order valence-corrected chi connectivity index (χ2v) is 4.97. The molecule has 19 heavy (non-hydrogen) atoms. The first-order valence-electron chi connectivity index (χ1n) is 6.76. The molecule has 5 nitrogen and oxygen atoms in total. The molecule has 2 aromatic rings. The molecule has 0 radical (unpaired) electrons. The Morgan fingerprint density at radius 2 is 2.00 bits per heavy atom. The summed E-state index contributed by atoms with van der Waals surface area (Å²) in [4.78, 5) is 4.72. The average Bonchev–Trinajstić information content (AvgIpc) is 2.78. The first-order valence-corrected chi connectivity index (χ1v) is 6.76. The van der Waals surface area contributed by atoms with E-state index in [-0.39, 0.29) is 6.04 Å². The number of benzene rings is 1. The molecule has 1 atom stereocenters. The highest BCUT2D eigenvalue weighted by Crippen LogP contribution is 2.19. The number of imidazole rings is 1. The zero-order valence-corrected chi connectivity index (χ0v) is 11.5. The third-order valence-corrected chi connectivity index (χ3v) is 3.60. The maximum Gasteiger partial charge on any atom is 0.127 e. The van der Waals surface area contributed by atoms with Gasteiger partial charge in [-0.2, -0.15) is 0 Å². The Morgan fingerprint density at radius 3 is 2.74 bits per heavy atom. The molecule has 1 N–H and O–H groups in total. The molecule has 0 aliphatic carbocycles. The topological polar surface area (TPSA) is 42.3 Å². The molecule has 0 saturated carbocycles. The number of nitrogens with zero attached hydrogens (tertiary/aromatic N) is 3. The van der Waals surface area contributed by atoms with Crippen molar-refractivity contribution in [2.24, 2.45) is 7.05 Å². The van der Waals surface area contributed by atoms with Crippen LogP contribution in [-0.4, -0.2) is 40.9 Å². The van der Waals surface area contributed by atoms with Crippen molar-refractivity contribution in [2.75, 3.05) is 26.3 Å². The van der Waals surface area contributed by atoms with Crippen molar-refractivity contribution in [1.29, 1.82) is 0 Å². The predicted octanol–water partition coefficient (Wildman–Crippen LogP) is 1.47. The Morgan fingerprint density at radius 1 is 1.26 bits per heavy atom. The molecule has 0 amide bonds. The molecule has 1 saturated heterocycles. The summed E-state index contributed by atoms with van der Waals surface area (Å²) < 4.78 is 7.52. The molecule has 1 aromatic heterocycles. The van der Waals surface area contributed by atoms with Crippen LogP contribution in [0.5, 0.6) is 0 Å². The summed E-state index contributed by atoms with van der Waals surface area (Å²) in [6.45, 7) is 5.59. The Balaban J connectivity index is 1.80. The molecule has 102 valence electrons. The van der Waals surface area contributed by atoms with E-state index >= 15 is 0 Å². The van der Waals surface area contributed by atoms with Crippen molar-refractivity contribution in [1.82, 2.24) is 20.0 Å². The molecular formula is C14H20N4O. The van der Waals surface area contributed by atoms with Crippen molar-refractivity contribution in [3.05, 3.63) is 30.1 Å². The van der Waals surface area contributed by atoms with Crippen LogP contribution in [-0.2, 0) is 11.8 Å². The van der Waals surface area contributed by atoms with Gasteiger partial charge in [0, 0.05) is 20.1 Å². The summed E-state index contributed by atoms with van der Waals surface area (Å²) >= 11 is 0. The minimum Gasteiger partial charge on any atom is -0.379 e. The van der Waals surface area contributed by atoms with Gasteiger partial charge in [0.15, 0.2) is 0 Å². The lowest BCUT2D eigenvalue weighted by atomic mass is 10.3. The zero-order chi connectivity index (χ0) is 13.2. The molecule has 1 aliphatic rings. The third-order valence-electron chi connectivity index (χ3n) is 3.60. The summed E-state index contributed by atoms with van der Waals surface area (Å²) in [7, 11) is 2.07. The molecule has 5 heteroatoms. The minimum absolute atomic E-state index is 0.190. The Labute approximate surface area is 113 Å². The average molecular weight is 260 g/mol. The number of rotatable bonds is 3. The van der Waals surface area contributed by atoms with Crippen LogP contribution in [0.2, 0.25) is 0 Å². The fourth-order valence-corrected chi connectivity index (χ4v) is 2.58. The van der Waals surface area contributed by atoms with Gasteiger partial charge in [0.1, 0.15) is 5.82 Å². The van der Waals surface area contributed by atoms with Crippen LogP contribution in [0.4, 0.5) is 0 Å². The number of fused-ring (bicyclic) bond motifs is 1. The minimum atomic E-state index is 0.190. The van der Waals surface area contributed by atoms with Gasteiger partial charge in [-0.1, -0.05) is 12.1 Å². The van der Waals surface area contributed by atoms with Crippen molar-refractivity contribution < 1.29 is 4.74 Å². The van der Waals surface area contributed by atoms with Gasteiger partial charge in [-0.05, 0) is 19.1 Å². The number of aryl methyl sites for hydroxylation is 1. The number of aromatic nitrogens is 2. The maximum absolute atomic E-state index is 5.36. The second kappa shape index (κ2) is 5.28. The molecule has 1 unspecified atom stereocenters. The largest absolute Gasteiger partial charge is 0.379 e. The van der Waals surface area contributed by atoms with Crippen LogP contribution in [0.1, 0.15) is 18.8 Å². The highest BCUT2D eigenvalue weighted by Gasteiger charge is 2.18. The SMILES string of the molecule is CC(NN1CCOCC1)c1nc2ccccc2n1C. The third kappa shape index (κ3) is 2.49. The Bertz CT molecular complexity index is 560. The fourth-order valence-electron chi connectivity index (χ4n) is 2.58. The van der Waals surface area contributed by atoms with Crippen LogP contribution >= 0.6 is 0 Å². The van der Waals surface area contributed by atoms with Crippen molar-refractivity contribution >= 4 is 11.0 Å². The van der Waals surface area contributed by atoms with E-state index in [1.54, 1.807) is 0 Å². The van der Waals surface area contributed by atoms with Gasteiger partial charge in [-0.25, -0.2) is 15.4 Å². The molecule has 3 rings (SSSR count). The van der Waals surface area contributed by atoms with Crippen molar-refractivity contribution in [3.8, 4) is 0 Å². The van der Waals surface area contributed by atoms with Crippen LogP contribution in [0.15, 0.2) is 24.3 Å². The van der Waals surface area contributed by atoms with Gasteiger partial charge in [-0.15, -0.1) is 0 Å². The summed E-state index contributed by atoms with van der Waals surface area (Å²) in [5.74, 6) is 1.06. The van der Waals surface area contributed by atoms with Crippen LogP contribution in [0.3, 0.4) is 0 Å². The normalized spacial score (nSPS) is 18.8. The second-order valence-electron chi connectivity index (χ2n) is 4.97. The summed E-state index contributed by atoms with van der Waals surface area (Å²) in [5, 5.41) is 2.22. The number of nitrogens with one attached hydrogen (secondary N) is 1. The Hall–Kier alpha value is -1.43. The standard InChI is InChI=1S/C14H20N4O/c1-11(16-18-7-9-19-10-8-18)14-15-12-5-3-4-6-13(12)17(14)2/h3-6,11,16H,7-10H2,1-2H3. The van der Waals surface area contributed by atoms with Gasteiger partial charge < -0.3 is 9.30 Å². The van der Waals surface area contributed by atoms with E-state index in [9.17, 15) is 0 Å². The number of hydrogen-bond acceptors (Lipinski definition) is 4. The van der Waals surface area contributed by atoms with E-state index in [0.717, 1.165) is 37.6 Å².